The van der Waals surface area contributed by atoms with Crippen LogP contribution in [0.3, 0.4) is 0 Å². The van der Waals surface area contributed by atoms with Crippen LogP contribution in [-0.2, 0) is 9.47 Å². The number of epoxide rings is 1. The highest BCUT2D eigenvalue weighted by molar-refractivity contribution is 9.10. The summed E-state index contributed by atoms with van der Waals surface area (Å²) in [6.07, 6.45) is -6.51. The van der Waals surface area contributed by atoms with E-state index in [2.05, 4.69) is 15.9 Å². The number of alkyl halides is 3. The Kier molecular flexibility index (Phi) is 3.75. The lowest BCUT2D eigenvalue weighted by Crippen LogP contribution is -2.25. The third-order valence-corrected chi connectivity index (χ3v) is 2.79. The predicted octanol–water partition coefficient (Wildman–Crippen LogP) is 3.47. The quantitative estimate of drug-likeness (QED) is 0.794. The zero-order chi connectivity index (χ0) is 12.5. The second kappa shape index (κ2) is 4.96. The van der Waals surface area contributed by atoms with E-state index in [-0.39, 0.29) is 18.3 Å². The normalized spacial score (nSPS) is 21.3. The summed E-state index contributed by atoms with van der Waals surface area (Å²) in [7, 11) is 0. The van der Waals surface area contributed by atoms with Crippen LogP contribution in [0.1, 0.15) is 11.7 Å². The number of hydrogen-bond donors (Lipinski definition) is 0. The summed E-state index contributed by atoms with van der Waals surface area (Å²) in [5.41, 5.74) is 0.0903. The molecule has 0 saturated carbocycles. The van der Waals surface area contributed by atoms with Crippen LogP contribution in [0.5, 0.6) is 0 Å². The molecule has 17 heavy (non-hydrogen) atoms. The van der Waals surface area contributed by atoms with Gasteiger partial charge in [0.25, 0.3) is 0 Å². The standard InChI is InChI=1S/C11H10BrF3O2/c12-8-3-1-2-7(4-8)10(11(13,14)15)17-6-9-5-16-9/h1-4,9-10H,5-6H2/t9-,10-/m0/s1. The van der Waals surface area contributed by atoms with E-state index in [9.17, 15) is 13.2 Å². The minimum Gasteiger partial charge on any atom is -0.371 e. The van der Waals surface area contributed by atoms with E-state index >= 15 is 0 Å². The van der Waals surface area contributed by atoms with E-state index in [0.717, 1.165) is 0 Å². The van der Waals surface area contributed by atoms with Crippen molar-refractivity contribution >= 4 is 15.9 Å². The lowest BCUT2D eigenvalue weighted by molar-refractivity contribution is -0.224. The molecular formula is C11H10BrF3O2. The fraction of sp³-hybridized carbons (Fsp3) is 0.455. The van der Waals surface area contributed by atoms with E-state index in [1.165, 1.54) is 12.1 Å². The minimum atomic E-state index is -4.42. The van der Waals surface area contributed by atoms with Crippen molar-refractivity contribution in [3.8, 4) is 0 Å². The Hall–Kier alpha value is -0.590. The average molecular weight is 311 g/mol. The maximum absolute atomic E-state index is 12.8. The molecular weight excluding hydrogens is 301 g/mol. The molecule has 0 N–H and O–H groups in total. The molecule has 0 aliphatic carbocycles. The molecule has 0 aromatic heterocycles. The molecule has 0 radical (unpaired) electrons. The van der Waals surface area contributed by atoms with Gasteiger partial charge in [-0.05, 0) is 17.7 Å². The zero-order valence-corrected chi connectivity index (χ0v) is 10.3. The summed E-state index contributed by atoms with van der Waals surface area (Å²) in [4.78, 5) is 0. The fourth-order valence-corrected chi connectivity index (χ4v) is 1.83. The molecule has 1 heterocycles. The molecule has 2 atom stereocenters. The first-order valence-corrected chi connectivity index (χ1v) is 5.81. The highest BCUT2D eigenvalue weighted by atomic mass is 79.9. The molecule has 0 unspecified atom stereocenters. The van der Waals surface area contributed by atoms with E-state index in [0.29, 0.717) is 11.1 Å². The van der Waals surface area contributed by atoms with Gasteiger partial charge in [-0.25, -0.2) is 0 Å². The molecule has 0 amide bonds. The topological polar surface area (TPSA) is 21.8 Å². The summed E-state index contributed by atoms with van der Waals surface area (Å²) in [6.45, 7) is 0.444. The van der Waals surface area contributed by atoms with Crippen molar-refractivity contribution in [3.05, 3.63) is 34.3 Å². The van der Waals surface area contributed by atoms with Gasteiger partial charge >= 0.3 is 6.18 Å². The molecule has 1 aliphatic rings. The van der Waals surface area contributed by atoms with Gasteiger partial charge in [-0.1, -0.05) is 28.1 Å². The number of rotatable bonds is 4. The highest BCUT2D eigenvalue weighted by Crippen LogP contribution is 2.37. The van der Waals surface area contributed by atoms with Crippen molar-refractivity contribution in [1.82, 2.24) is 0 Å². The molecule has 1 fully saturated rings. The fourth-order valence-electron chi connectivity index (χ4n) is 1.42. The predicted molar refractivity (Wildman–Crippen MR) is 58.6 cm³/mol. The van der Waals surface area contributed by atoms with Gasteiger partial charge in [0.2, 0.25) is 0 Å². The van der Waals surface area contributed by atoms with Crippen LogP contribution in [0.2, 0.25) is 0 Å². The molecule has 94 valence electrons. The molecule has 6 heteroatoms. The van der Waals surface area contributed by atoms with E-state index < -0.39 is 12.3 Å². The molecule has 2 rings (SSSR count). The van der Waals surface area contributed by atoms with E-state index in [4.69, 9.17) is 9.47 Å². The summed E-state index contributed by atoms with van der Waals surface area (Å²) < 4.78 is 48.8. The van der Waals surface area contributed by atoms with Gasteiger partial charge in [-0.3, -0.25) is 0 Å². The first kappa shape index (κ1) is 12.9. The zero-order valence-electron chi connectivity index (χ0n) is 8.71. The molecule has 2 nitrogen and oxygen atoms in total. The average Bonchev–Trinajstić information content (AvgIpc) is 3.00. The lowest BCUT2D eigenvalue weighted by Gasteiger charge is -2.21. The number of benzene rings is 1. The van der Waals surface area contributed by atoms with Gasteiger partial charge in [0, 0.05) is 4.47 Å². The van der Waals surface area contributed by atoms with Gasteiger partial charge in [-0.2, -0.15) is 13.2 Å². The molecule has 1 aliphatic heterocycles. The van der Waals surface area contributed by atoms with Crippen molar-refractivity contribution in [2.24, 2.45) is 0 Å². The summed E-state index contributed by atoms with van der Waals surface area (Å²) in [6, 6.07) is 6.03. The first-order chi connectivity index (χ1) is 7.97. The second-order valence-electron chi connectivity index (χ2n) is 3.77. The van der Waals surface area contributed by atoms with Gasteiger partial charge < -0.3 is 9.47 Å². The molecule has 0 spiro atoms. The Morgan fingerprint density at radius 3 is 2.71 bits per heavy atom. The monoisotopic (exact) mass is 310 g/mol. The van der Waals surface area contributed by atoms with Crippen molar-refractivity contribution in [3.63, 3.8) is 0 Å². The number of halogens is 4. The van der Waals surface area contributed by atoms with Crippen LogP contribution in [0, 0.1) is 0 Å². The Labute approximate surface area is 105 Å². The smallest absolute Gasteiger partial charge is 0.371 e. The Morgan fingerprint density at radius 1 is 1.47 bits per heavy atom. The maximum atomic E-state index is 12.8. The highest BCUT2D eigenvalue weighted by Gasteiger charge is 2.43. The SMILES string of the molecule is FC(F)(F)[C@@H](OC[C@@H]1CO1)c1cccc(Br)c1. The van der Waals surface area contributed by atoms with Crippen LogP contribution < -0.4 is 0 Å². The van der Waals surface area contributed by atoms with Gasteiger partial charge in [0.1, 0.15) is 6.10 Å². The van der Waals surface area contributed by atoms with Crippen molar-refractivity contribution in [2.75, 3.05) is 13.2 Å². The van der Waals surface area contributed by atoms with Crippen molar-refractivity contribution in [1.29, 1.82) is 0 Å². The van der Waals surface area contributed by atoms with Crippen LogP contribution >= 0.6 is 15.9 Å². The molecule has 0 bridgehead atoms. The number of ether oxygens (including phenoxy) is 2. The third kappa shape index (κ3) is 3.69. The third-order valence-electron chi connectivity index (χ3n) is 2.30. The van der Waals surface area contributed by atoms with Gasteiger partial charge in [-0.15, -0.1) is 0 Å². The largest absolute Gasteiger partial charge is 0.418 e. The summed E-state index contributed by atoms with van der Waals surface area (Å²) in [5, 5.41) is 0. The molecule has 1 saturated heterocycles. The van der Waals surface area contributed by atoms with Crippen molar-refractivity contribution in [2.45, 2.75) is 18.4 Å². The van der Waals surface area contributed by atoms with E-state index in [1.807, 2.05) is 0 Å². The van der Waals surface area contributed by atoms with Gasteiger partial charge in [0.15, 0.2) is 6.10 Å². The first-order valence-electron chi connectivity index (χ1n) is 5.02. The van der Waals surface area contributed by atoms with Crippen LogP contribution in [0.4, 0.5) is 13.2 Å². The maximum Gasteiger partial charge on any atom is 0.418 e. The van der Waals surface area contributed by atoms with E-state index in [1.54, 1.807) is 12.1 Å². The summed E-state index contributed by atoms with van der Waals surface area (Å²) >= 11 is 3.14. The Balaban J connectivity index is 2.13. The number of hydrogen-bond acceptors (Lipinski definition) is 2. The minimum absolute atomic E-state index is 0.0311. The second-order valence-corrected chi connectivity index (χ2v) is 4.68. The Bertz CT molecular complexity index is 391. The van der Waals surface area contributed by atoms with Crippen molar-refractivity contribution < 1.29 is 22.6 Å². The van der Waals surface area contributed by atoms with Crippen LogP contribution in [0.25, 0.3) is 0 Å². The molecule has 1 aromatic rings. The van der Waals surface area contributed by atoms with Crippen LogP contribution in [0.15, 0.2) is 28.7 Å². The molecule has 1 aromatic carbocycles. The summed E-state index contributed by atoms with van der Waals surface area (Å²) in [5.74, 6) is 0. The van der Waals surface area contributed by atoms with Gasteiger partial charge in [0.05, 0.1) is 13.2 Å². The lowest BCUT2D eigenvalue weighted by atomic mass is 10.1. The van der Waals surface area contributed by atoms with Crippen LogP contribution in [-0.4, -0.2) is 25.5 Å². The Morgan fingerprint density at radius 2 is 2.18 bits per heavy atom.